The van der Waals surface area contributed by atoms with Gasteiger partial charge in [-0.15, -0.1) is 0 Å². The number of nitrogens with two attached hydrogens (primary N) is 1. The van der Waals surface area contributed by atoms with Crippen LogP contribution >= 0.6 is 0 Å². The summed E-state index contributed by atoms with van der Waals surface area (Å²) < 4.78 is 0. The fourth-order valence-electron chi connectivity index (χ4n) is 2.47. The SMILES string of the molecule is NC(CCC(=O)O)C(=O)NC(Cc1ccccc1)C(=O)NCC(=O)NC(CO)C(=O)O. The molecule has 1 rings (SSSR count). The van der Waals surface area contributed by atoms with Gasteiger partial charge < -0.3 is 37.0 Å². The summed E-state index contributed by atoms with van der Waals surface area (Å²) >= 11 is 0. The summed E-state index contributed by atoms with van der Waals surface area (Å²) in [6.45, 7) is -1.41. The quantitative estimate of drug-likeness (QED) is 0.175. The zero-order chi connectivity index (χ0) is 23.4. The van der Waals surface area contributed by atoms with E-state index in [0.717, 1.165) is 0 Å². The van der Waals surface area contributed by atoms with Gasteiger partial charge in [-0.3, -0.25) is 19.2 Å². The molecule has 1 aromatic rings. The van der Waals surface area contributed by atoms with E-state index in [-0.39, 0.29) is 19.3 Å². The number of aliphatic hydroxyl groups is 1. The number of hydrogen-bond acceptors (Lipinski definition) is 7. The fraction of sp³-hybridized carbons (Fsp3) is 0.421. The van der Waals surface area contributed by atoms with E-state index in [1.165, 1.54) is 0 Å². The van der Waals surface area contributed by atoms with E-state index in [4.69, 9.17) is 21.1 Å². The molecule has 0 spiro atoms. The molecule has 12 heteroatoms. The minimum absolute atomic E-state index is 0.0695. The van der Waals surface area contributed by atoms with E-state index >= 15 is 0 Å². The third-order valence-corrected chi connectivity index (χ3v) is 4.16. The lowest BCUT2D eigenvalue weighted by Gasteiger charge is -2.21. The van der Waals surface area contributed by atoms with Gasteiger partial charge in [0.15, 0.2) is 0 Å². The number of amides is 3. The Kier molecular flexibility index (Phi) is 10.6. The van der Waals surface area contributed by atoms with E-state index in [9.17, 15) is 24.0 Å². The van der Waals surface area contributed by atoms with Gasteiger partial charge in [0, 0.05) is 12.8 Å². The molecule has 0 saturated carbocycles. The summed E-state index contributed by atoms with van der Waals surface area (Å²) in [6.07, 6.45) is -0.374. The summed E-state index contributed by atoms with van der Waals surface area (Å²) in [6, 6.07) is 4.90. The molecule has 8 N–H and O–H groups in total. The van der Waals surface area contributed by atoms with E-state index in [1.807, 2.05) is 5.32 Å². The first-order chi connectivity index (χ1) is 14.6. The number of carbonyl (C=O) groups is 5. The van der Waals surface area contributed by atoms with E-state index in [1.54, 1.807) is 30.3 Å². The molecule has 0 aliphatic heterocycles. The van der Waals surface area contributed by atoms with Crippen LogP contribution in [0, 0.1) is 0 Å². The predicted molar refractivity (Wildman–Crippen MR) is 107 cm³/mol. The zero-order valence-corrected chi connectivity index (χ0v) is 16.6. The molecule has 0 fully saturated rings. The Morgan fingerprint density at radius 2 is 1.58 bits per heavy atom. The van der Waals surface area contributed by atoms with Crippen LogP contribution in [0.25, 0.3) is 0 Å². The number of nitrogens with one attached hydrogen (secondary N) is 3. The first-order valence-electron chi connectivity index (χ1n) is 9.36. The second kappa shape index (κ2) is 12.9. The van der Waals surface area contributed by atoms with Crippen molar-refractivity contribution in [2.45, 2.75) is 37.4 Å². The largest absolute Gasteiger partial charge is 0.481 e. The maximum atomic E-state index is 12.6. The molecule has 3 unspecified atom stereocenters. The number of hydrogen-bond donors (Lipinski definition) is 7. The molecule has 1 aromatic carbocycles. The molecule has 0 aliphatic carbocycles. The van der Waals surface area contributed by atoms with Crippen LogP contribution in [-0.2, 0) is 30.4 Å². The van der Waals surface area contributed by atoms with Crippen LogP contribution in [0.15, 0.2) is 30.3 Å². The highest BCUT2D eigenvalue weighted by molar-refractivity contribution is 5.92. The number of benzene rings is 1. The van der Waals surface area contributed by atoms with Crippen LogP contribution in [0.4, 0.5) is 0 Å². The van der Waals surface area contributed by atoms with Crippen molar-refractivity contribution >= 4 is 29.7 Å². The summed E-state index contributed by atoms with van der Waals surface area (Å²) in [7, 11) is 0. The maximum Gasteiger partial charge on any atom is 0.328 e. The number of aliphatic carboxylic acids is 2. The fourth-order valence-corrected chi connectivity index (χ4v) is 2.47. The van der Waals surface area contributed by atoms with Gasteiger partial charge in [0.25, 0.3) is 0 Å². The monoisotopic (exact) mass is 438 g/mol. The average Bonchev–Trinajstić information content (AvgIpc) is 2.73. The molecular weight excluding hydrogens is 412 g/mol. The van der Waals surface area contributed by atoms with Gasteiger partial charge in [-0.2, -0.15) is 0 Å². The van der Waals surface area contributed by atoms with Crippen LogP contribution in [0.2, 0.25) is 0 Å². The summed E-state index contributed by atoms with van der Waals surface area (Å²) in [5.74, 6) is -4.86. The molecule has 0 aliphatic rings. The molecule has 12 nitrogen and oxygen atoms in total. The normalized spacial score (nSPS) is 13.4. The van der Waals surface area contributed by atoms with Crippen molar-refractivity contribution in [3.8, 4) is 0 Å². The Bertz CT molecular complexity index is 786. The van der Waals surface area contributed by atoms with Gasteiger partial charge in [-0.25, -0.2) is 4.79 Å². The second-order valence-electron chi connectivity index (χ2n) is 6.65. The van der Waals surface area contributed by atoms with Crippen LogP contribution in [-0.4, -0.2) is 76.3 Å². The summed E-state index contributed by atoms with van der Waals surface area (Å²) in [5, 5.41) is 33.2. The van der Waals surface area contributed by atoms with Crippen LogP contribution in [0.5, 0.6) is 0 Å². The molecule has 0 bridgehead atoms. The summed E-state index contributed by atoms with van der Waals surface area (Å²) in [4.78, 5) is 58.1. The van der Waals surface area contributed by atoms with Gasteiger partial charge in [0.1, 0.15) is 12.1 Å². The third kappa shape index (κ3) is 9.69. The van der Waals surface area contributed by atoms with Gasteiger partial charge in [-0.05, 0) is 12.0 Å². The smallest absolute Gasteiger partial charge is 0.328 e. The highest BCUT2D eigenvalue weighted by Crippen LogP contribution is 2.05. The minimum atomic E-state index is -1.52. The van der Waals surface area contributed by atoms with Crippen molar-refractivity contribution in [2.24, 2.45) is 5.73 Å². The standard InChI is InChI=1S/C19H26N4O8/c20-12(6-7-16(26)27)17(28)23-13(8-11-4-2-1-3-5-11)18(29)21-9-15(25)22-14(10-24)19(30)31/h1-5,12-14,24H,6-10,20H2,(H,21,29)(H,22,25)(H,23,28)(H,26,27)(H,30,31). The molecule has 0 radical (unpaired) electrons. The Morgan fingerprint density at radius 3 is 2.13 bits per heavy atom. The number of rotatable bonds is 13. The van der Waals surface area contributed by atoms with Crippen LogP contribution in [0.1, 0.15) is 18.4 Å². The predicted octanol–water partition coefficient (Wildman–Crippen LogP) is -2.42. The molecule has 31 heavy (non-hydrogen) atoms. The van der Waals surface area contributed by atoms with E-state index in [2.05, 4.69) is 10.6 Å². The zero-order valence-electron chi connectivity index (χ0n) is 16.6. The van der Waals surface area contributed by atoms with Gasteiger partial charge >= 0.3 is 11.9 Å². The van der Waals surface area contributed by atoms with Crippen molar-refractivity contribution < 1.29 is 39.3 Å². The lowest BCUT2D eigenvalue weighted by molar-refractivity contribution is -0.143. The Labute approximate surface area is 177 Å². The van der Waals surface area contributed by atoms with E-state index in [0.29, 0.717) is 5.56 Å². The summed E-state index contributed by atoms with van der Waals surface area (Å²) in [5.41, 5.74) is 6.38. The Balaban J connectivity index is 2.77. The molecule has 3 atom stereocenters. The minimum Gasteiger partial charge on any atom is -0.481 e. The topological polar surface area (TPSA) is 208 Å². The second-order valence-corrected chi connectivity index (χ2v) is 6.65. The number of aliphatic hydroxyl groups excluding tert-OH is 1. The highest BCUT2D eigenvalue weighted by Gasteiger charge is 2.25. The van der Waals surface area contributed by atoms with Crippen molar-refractivity contribution in [1.82, 2.24) is 16.0 Å². The molecule has 170 valence electrons. The molecule has 0 saturated heterocycles. The highest BCUT2D eigenvalue weighted by atomic mass is 16.4. The Morgan fingerprint density at radius 1 is 0.935 bits per heavy atom. The lowest BCUT2D eigenvalue weighted by Crippen LogP contribution is -2.54. The first-order valence-corrected chi connectivity index (χ1v) is 9.36. The van der Waals surface area contributed by atoms with Crippen molar-refractivity contribution in [3.05, 3.63) is 35.9 Å². The average molecular weight is 438 g/mol. The molecule has 0 aromatic heterocycles. The first kappa shape index (κ1) is 25.5. The van der Waals surface area contributed by atoms with Crippen molar-refractivity contribution in [3.63, 3.8) is 0 Å². The molecular formula is C19H26N4O8. The van der Waals surface area contributed by atoms with Crippen LogP contribution in [0.3, 0.4) is 0 Å². The van der Waals surface area contributed by atoms with Gasteiger partial charge in [0.2, 0.25) is 17.7 Å². The molecule has 3 amide bonds. The molecule has 0 heterocycles. The van der Waals surface area contributed by atoms with Crippen molar-refractivity contribution in [2.75, 3.05) is 13.2 Å². The maximum absolute atomic E-state index is 12.6. The lowest BCUT2D eigenvalue weighted by atomic mass is 10.0. The Hall–Kier alpha value is -3.51. The van der Waals surface area contributed by atoms with Crippen LogP contribution < -0.4 is 21.7 Å². The van der Waals surface area contributed by atoms with Gasteiger partial charge in [0.05, 0.1) is 19.2 Å². The number of carboxylic acids is 2. The van der Waals surface area contributed by atoms with E-state index < -0.39 is 60.9 Å². The number of carboxylic acid groups (broad SMARTS) is 2. The van der Waals surface area contributed by atoms with Gasteiger partial charge in [-0.1, -0.05) is 30.3 Å². The van der Waals surface area contributed by atoms with Crippen molar-refractivity contribution in [1.29, 1.82) is 0 Å². The third-order valence-electron chi connectivity index (χ3n) is 4.16. The number of carbonyl (C=O) groups excluding carboxylic acids is 3.